The highest BCUT2D eigenvalue weighted by molar-refractivity contribution is 5.05. The van der Waals surface area contributed by atoms with Gasteiger partial charge in [0.25, 0.3) is 0 Å². The maximum absolute atomic E-state index is 4.99. The van der Waals surface area contributed by atoms with E-state index < -0.39 is 0 Å². The zero-order valence-corrected chi connectivity index (χ0v) is 10.8. The molecule has 0 saturated carbocycles. The van der Waals surface area contributed by atoms with Gasteiger partial charge in [0, 0.05) is 39.6 Å². The maximum Gasteiger partial charge on any atom is 0.0853 e. The Kier molecular flexibility index (Phi) is 4.49. The van der Waals surface area contributed by atoms with Gasteiger partial charge < -0.3 is 10.1 Å². The minimum Gasteiger partial charge on any atom is -0.383 e. The van der Waals surface area contributed by atoms with Gasteiger partial charge in [0.1, 0.15) is 0 Å². The monoisotopic (exact) mass is 249 g/mol. The van der Waals surface area contributed by atoms with E-state index in [0.717, 1.165) is 24.5 Å². The van der Waals surface area contributed by atoms with Gasteiger partial charge >= 0.3 is 0 Å². The number of hydrogen-bond donors (Lipinski definition) is 1. The topological polar surface area (TPSA) is 56.9 Å². The largest absolute Gasteiger partial charge is 0.383 e. The van der Waals surface area contributed by atoms with Crippen LogP contribution < -0.4 is 5.32 Å². The molecule has 0 saturated heterocycles. The van der Waals surface area contributed by atoms with Crippen molar-refractivity contribution in [3.05, 3.63) is 35.9 Å². The summed E-state index contributed by atoms with van der Waals surface area (Å²) in [5, 5.41) is 12.0. The third kappa shape index (κ3) is 3.41. The van der Waals surface area contributed by atoms with Gasteiger partial charge in [-0.05, 0) is 12.1 Å². The molecule has 18 heavy (non-hydrogen) atoms. The number of ether oxygens (including phenoxy) is 1. The van der Waals surface area contributed by atoms with E-state index in [2.05, 4.69) is 15.5 Å². The lowest BCUT2D eigenvalue weighted by Crippen LogP contribution is -2.21. The van der Waals surface area contributed by atoms with E-state index in [4.69, 9.17) is 4.74 Å². The summed E-state index contributed by atoms with van der Waals surface area (Å²) in [5.74, 6) is 0. The zero-order chi connectivity index (χ0) is 12.8. The van der Waals surface area contributed by atoms with Crippen LogP contribution in [0.1, 0.15) is 11.4 Å². The Hall–Kier alpha value is -1.66. The van der Waals surface area contributed by atoms with Gasteiger partial charge in [-0.25, -0.2) is 0 Å². The number of hydrogen-bond acceptors (Lipinski definition) is 4. The number of methoxy groups -OCH3 is 1. The molecule has 2 rings (SSSR count). The van der Waals surface area contributed by atoms with Gasteiger partial charge in [-0.2, -0.15) is 10.2 Å². The second kappa shape index (κ2) is 6.32. The SMILES string of the molecule is COCCNCc1ccnn1Cc1ccn(C)n1. The molecule has 0 radical (unpaired) electrons. The van der Waals surface area contributed by atoms with Crippen molar-refractivity contribution in [3.8, 4) is 0 Å². The molecule has 2 aromatic rings. The summed E-state index contributed by atoms with van der Waals surface area (Å²) in [5.41, 5.74) is 2.16. The van der Waals surface area contributed by atoms with Crippen molar-refractivity contribution in [2.75, 3.05) is 20.3 Å². The molecule has 0 spiro atoms. The second-order valence-electron chi connectivity index (χ2n) is 4.13. The number of rotatable bonds is 7. The van der Waals surface area contributed by atoms with Crippen molar-refractivity contribution >= 4 is 0 Å². The van der Waals surface area contributed by atoms with Crippen LogP contribution in [0, 0.1) is 0 Å². The average Bonchev–Trinajstić information content (AvgIpc) is 2.95. The molecule has 6 heteroatoms. The highest BCUT2D eigenvalue weighted by atomic mass is 16.5. The van der Waals surface area contributed by atoms with Crippen LogP contribution in [0.3, 0.4) is 0 Å². The summed E-state index contributed by atoms with van der Waals surface area (Å²) >= 11 is 0. The van der Waals surface area contributed by atoms with Crippen molar-refractivity contribution in [2.45, 2.75) is 13.1 Å². The van der Waals surface area contributed by atoms with Crippen molar-refractivity contribution in [2.24, 2.45) is 7.05 Å². The number of aryl methyl sites for hydroxylation is 1. The van der Waals surface area contributed by atoms with Crippen LogP contribution in [0.4, 0.5) is 0 Å². The highest BCUT2D eigenvalue weighted by Gasteiger charge is 2.04. The molecule has 6 nitrogen and oxygen atoms in total. The molecule has 0 aliphatic carbocycles. The minimum atomic E-state index is 0.704. The standard InChI is InChI=1S/C12H19N5O/c1-16-7-4-11(15-16)10-17-12(3-5-14-17)9-13-6-8-18-2/h3-5,7,13H,6,8-10H2,1-2H3. The number of aromatic nitrogens is 4. The van der Waals surface area contributed by atoms with Crippen LogP contribution in [0.2, 0.25) is 0 Å². The average molecular weight is 249 g/mol. The summed E-state index contributed by atoms with van der Waals surface area (Å²) in [6.45, 7) is 3.05. The van der Waals surface area contributed by atoms with E-state index in [9.17, 15) is 0 Å². The Balaban J connectivity index is 1.91. The molecule has 0 fully saturated rings. The van der Waals surface area contributed by atoms with Gasteiger partial charge in [-0.1, -0.05) is 0 Å². The van der Waals surface area contributed by atoms with Crippen LogP contribution in [-0.2, 0) is 24.9 Å². The molecule has 1 N–H and O–H groups in total. The first kappa shape index (κ1) is 12.8. The van der Waals surface area contributed by atoms with Crippen molar-refractivity contribution in [3.63, 3.8) is 0 Å². The number of nitrogens with one attached hydrogen (secondary N) is 1. The third-order valence-corrected chi connectivity index (χ3v) is 2.67. The second-order valence-corrected chi connectivity index (χ2v) is 4.13. The first-order valence-corrected chi connectivity index (χ1v) is 5.98. The Bertz CT molecular complexity index is 476. The van der Waals surface area contributed by atoms with E-state index >= 15 is 0 Å². The normalized spacial score (nSPS) is 11.0. The third-order valence-electron chi connectivity index (χ3n) is 2.67. The predicted molar refractivity (Wildman–Crippen MR) is 68.1 cm³/mol. The van der Waals surface area contributed by atoms with Gasteiger partial charge in [0.2, 0.25) is 0 Å². The molecule has 0 bridgehead atoms. The van der Waals surface area contributed by atoms with Crippen LogP contribution >= 0.6 is 0 Å². The zero-order valence-electron chi connectivity index (χ0n) is 10.8. The Morgan fingerprint density at radius 1 is 1.39 bits per heavy atom. The summed E-state index contributed by atoms with van der Waals surface area (Å²) < 4.78 is 8.75. The Morgan fingerprint density at radius 2 is 2.28 bits per heavy atom. The van der Waals surface area contributed by atoms with Crippen LogP contribution in [-0.4, -0.2) is 39.8 Å². The van der Waals surface area contributed by atoms with E-state index in [1.54, 1.807) is 11.8 Å². The Labute approximate surface area is 107 Å². The summed E-state index contributed by atoms with van der Waals surface area (Å²) in [6.07, 6.45) is 3.76. The molecule has 0 atom stereocenters. The minimum absolute atomic E-state index is 0.704. The molecule has 0 aromatic carbocycles. The van der Waals surface area contributed by atoms with E-state index in [1.165, 1.54) is 0 Å². The summed E-state index contributed by atoms with van der Waals surface area (Å²) in [6, 6.07) is 4.02. The fraction of sp³-hybridized carbons (Fsp3) is 0.500. The molecule has 2 aromatic heterocycles. The smallest absolute Gasteiger partial charge is 0.0853 e. The highest BCUT2D eigenvalue weighted by Crippen LogP contribution is 2.03. The van der Waals surface area contributed by atoms with Gasteiger partial charge in [-0.3, -0.25) is 9.36 Å². The van der Waals surface area contributed by atoms with Gasteiger partial charge in [-0.15, -0.1) is 0 Å². The first-order valence-electron chi connectivity index (χ1n) is 5.98. The van der Waals surface area contributed by atoms with Crippen molar-refractivity contribution in [1.82, 2.24) is 24.9 Å². The van der Waals surface area contributed by atoms with Gasteiger partial charge in [0.05, 0.1) is 24.5 Å². The lowest BCUT2D eigenvalue weighted by Gasteiger charge is -2.07. The van der Waals surface area contributed by atoms with Crippen molar-refractivity contribution in [1.29, 1.82) is 0 Å². The fourth-order valence-electron chi connectivity index (χ4n) is 1.74. The fourth-order valence-corrected chi connectivity index (χ4v) is 1.74. The molecular formula is C12H19N5O. The maximum atomic E-state index is 4.99. The molecule has 0 aliphatic rings. The van der Waals surface area contributed by atoms with E-state index in [0.29, 0.717) is 13.2 Å². The van der Waals surface area contributed by atoms with Gasteiger partial charge in [0.15, 0.2) is 0 Å². The van der Waals surface area contributed by atoms with E-state index in [-0.39, 0.29) is 0 Å². The van der Waals surface area contributed by atoms with E-state index in [1.807, 2.05) is 36.3 Å². The quantitative estimate of drug-likeness (QED) is 0.722. The molecule has 0 amide bonds. The lowest BCUT2D eigenvalue weighted by atomic mass is 10.4. The van der Waals surface area contributed by atoms with Crippen LogP contribution in [0.5, 0.6) is 0 Å². The molecule has 0 unspecified atom stereocenters. The van der Waals surface area contributed by atoms with Crippen LogP contribution in [0.15, 0.2) is 24.5 Å². The number of nitrogens with zero attached hydrogens (tertiary/aromatic N) is 4. The predicted octanol–water partition coefficient (Wildman–Crippen LogP) is 0.401. The Morgan fingerprint density at radius 3 is 3.00 bits per heavy atom. The van der Waals surface area contributed by atoms with Crippen molar-refractivity contribution < 1.29 is 4.74 Å². The summed E-state index contributed by atoms with van der Waals surface area (Å²) in [4.78, 5) is 0. The molecular weight excluding hydrogens is 230 g/mol. The first-order chi connectivity index (χ1) is 8.79. The summed E-state index contributed by atoms with van der Waals surface area (Å²) in [7, 11) is 3.62. The van der Waals surface area contributed by atoms with Crippen LogP contribution in [0.25, 0.3) is 0 Å². The molecule has 0 aliphatic heterocycles. The molecule has 98 valence electrons. The lowest BCUT2D eigenvalue weighted by molar-refractivity contribution is 0.199. The molecule has 2 heterocycles.